The number of benzene rings is 2. The van der Waals surface area contributed by atoms with E-state index in [0.717, 1.165) is 0 Å². The smallest absolute Gasteiger partial charge is 0.337 e. The third-order valence-corrected chi connectivity index (χ3v) is 2.44. The van der Waals surface area contributed by atoms with Crippen LogP contribution in [0.15, 0.2) is 42.5 Å². The number of nitrogens with two attached hydrogens (primary N) is 1. The lowest BCUT2D eigenvalue weighted by Gasteiger charge is -2.09. The molecular weight excluding hydrogens is 235 g/mol. The van der Waals surface area contributed by atoms with Crippen molar-refractivity contribution in [3.63, 3.8) is 0 Å². The second-order valence-corrected chi connectivity index (χ2v) is 3.71. The Balaban J connectivity index is 2.33. The summed E-state index contributed by atoms with van der Waals surface area (Å²) < 4.78 is 13.4. The van der Waals surface area contributed by atoms with Gasteiger partial charge < -0.3 is 16.2 Å². The summed E-state index contributed by atoms with van der Waals surface area (Å²) in [6.45, 7) is 0. The molecule has 4 N–H and O–H groups in total. The summed E-state index contributed by atoms with van der Waals surface area (Å²) in [6.07, 6.45) is 0. The molecule has 2 aromatic carbocycles. The molecular formula is C13H11FN2O2. The number of hydrogen-bond donors (Lipinski definition) is 3. The first-order valence-corrected chi connectivity index (χ1v) is 5.22. The molecule has 2 rings (SSSR count). The molecule has 0 saturated heterocycles. The zero-order chi connectivity index (χ0) is 13.1. The van der Waals surface area contributed by atoms with E-state index in [1.165, 1.54) is 18.2 Å². The summed E-state index contributed by atoms with van der Waals surface area (Å²) in [5, 5.41) is 11.7. The van der Waals surface area contributed by atoms with E-state index >= 15 is 0 Å². The molecule has 0 aliphatic carbocycles. The second-order valence-electron chi connectivity index (χ2n) is 3.71. The number of aromatic carboxylic acids is 1. The Labute approximate surface area is 103 Å². The normalized spacial score (nSPS) is 10.1. The zero-order valence-electron chi connectivity index (χ0n) is 9.35. The van der Waals surface area contributed by atoms with Crippen LogP contribution in [0.5, 0.6) is 0 Å². The predicted octanol–water partition coefficient (Wildman–Crippen LogP) is 2.85. The third kappa shape index (κ3) is 2.40. The molecule has 0 aliphatic heterocycles. The van der Waals surface area contributed by atoms with Crippen molar-refractivity contribution in [2.45, 2.75) is 0 Å². The number of para-hydroxylation sites is 1. The minimum Gasteiger partial charge on any atom is -0.478 e. The van der Waals surface area contributed by atoms with E-state index in [0.29, 0.717) is 5.69 Å². The summed E-state index contributed by atoms with van der Waals surface area (Å²) in [6, 6.07) is 10.6. The Morgan fingerprint density at radius 3 is 2.61 bits per heavy atom. The molecule has 0 heterocycles. The van der Waals surface area contributed by atoms with Crippen molar-refractivity contribution < 1.29 is 14.3 Å². The van der Waals surface area contributed by atoms with Crippen LogP contribution in [0.4, 0.5) is 21.5 Å². The van der Waals surface area contributed by atoms with Crippen LogP contribution in [-0.2, 0) is 0 Å². The number of carboxylic acid groups (broad SMARTS) is 1. The molecule has 0 atom stereocenters. The first-order valence-electron chi connectivity index (χ1n) is 5.22. The van der Waals surface area contributed by atoms with Crippen LogP contribution in [0.1, 0.15) is 10.4 Å². The Bertz CT molecular complexity index is 599. The number of nitrogen functional groups attached to an aromatic ring is 1. The van der Waals surface area contributed by atoms with Gasteiger partial charge in [-0.2, -0.15) is 0 Å². The quantitative estimate of drug-likeness (QED) is 0.728. The molecule has 18 heavy (non-hydrogen) atoms. The first kappa shape index (κ1) is 11.9. The lowest BCUT2D eigenvalue weighted by molar-refractivity contribution is 0.0698. The molecule has 5 heteroatoms. The fourth-order valence-corrected chi connectivity index (χ4v) is 1.54. The number of rotatable bonds is 3. The van der Waals surface area contributed by atoms with Crippen molar-refractivity contribution in [1.82, 2.24) is 0 Å². The van der Waals surface area contributed by atoms with E-state index in [2.05, 4.69) is 5.32 Å². The molecule has 0 radical (unpaired) electrons. The molecule has 2 aromatic rings. The highest BCUT2D eigenvalue weighted by molar-refractivity contribution is 5.95. The Morgan fingerprint density at radius 1 is 1.22 bits per heavy atom. The van der Waals surface area contributed by atoms with Gasteiger partial charge in [0, 0.05) is 11.4 Å². The van der Waals surface area contributed by atoms with Gasteiger partial charge in [-0.15, -0.1) is 0 Å². The molecule has 0 amide bonds. The predicted molar refractivity (Wildman–Crippen MR) is 67.5 cm³/mol. The van der Waals surface area contributed by atoms with Crippen LogP contribution in [0, 0.1) is 5.82 Å². The van der Waals surface area contributed by atoms with Gasteiger partial charge >= 0.3 is 5.97 Å². The number of nitrogens with one attached hydrogen (secondary N) is 1. The maximum Gasteiger partial charge on any atom is 0.337 e. The molecule has 0 spiro atoms. The Morgan fingerprint density at radius 2 is 1.94 bits per heavy atom. The molecule has 4 nitrogen and oxygen atoms in total. The molecule has 0 fully saturated rings. The molecule has 0 aromatic heterocycles. The fraction of sp³-hybridized carbons (Fsp3) is 0. The largest absolute Gasteiger partial charge is 0.478 e. The first-order chi connectivity index (χ1) is 8.58. The SMILES string of the molecule is Nc1ccc(Nc2ccccc2F)cc1C(=O)O. The van der Waals surface area contributed by atoms with Crippen molar-refractivity contribution in [2.75, 3.05) is 11.1 Å². The standard InChI is InChI=1S/C13H11FN2O2/c14-10-3-1-2-4-12(10)16-8-5-6-11(15)9(7-8)13(17)18/h1-7,16H,15H2,(H,17,18). The number of hydrogen-bond acceptors (Lipinski definition) is 3. The average Bonchev–Trinajstić information content (AvgIpc) is 2.34. The molecule has 0 unspecified atom stereocenters. The number of carbonyl (C=O) groups is 1. The van der Waals surface area contributed by atoms with E-state index in [-0.39, 0.29) is 16.9 Å². The molecule has 92 valence electrons. The second kappa shape index (κ2) is 4.75. The van der Waals surface area contributed by atoms with Crippen molar-refractivity contribution in [3.8, 4) is 0 Å². The maximum absolute atomic E-state index is 13.4. The summed E-state index contributed by atoms with van der Waals surface area (Å²) in [5.74, 6) is -1.53. The van der Waals surface area contributed by atoms with Crippen LogP contribution < -0.4 is 11.1 Å². The van der Waals surface area contributed by atoms with Crippen LogP contribution >= 0.6 is 0 Å². The van der Waals surface area contributed by atoms with Crippen molar-refractivity contribution in [2.24, 2.45) is 0 Å². The van der Waals surface area contributed by atoms with Gasteiger partial charge in [-0.3, -0.25) is 0 Å². The number of carboxylic acids is 1. The van der Waals surface area contributed by atoms with Gasteiger partial charge in [0.25, 0.3) is 0 Å². The van der Waals surface area contributed by atoms with Crippen LogP contribution in [-0.4, -0.2) is 11.1 Å². The van der Waals surface area contributed by atoms with Gasteiger partial charge in [0.1, 0.15) is 5.82 Å². The summed E-state index contributed by atoms with van der Waals surface area (Å²) in [7, 11) is 0. The fourth-order valence-electron chi connectivity index (χ4n) is 1.54. The van der Waals surface area contributed by atoms with Crippen molar-refractivity contribution in [1.29, 1.82) is 0 Å². The highest BCUT2D eigenvalue weighted by atomic mass is 19.1. The van der Waals surface area contributed by atoms with Gasteiger partial charge in [0.15, 0.2) is 0 Å². The van der Waals surface area contributed by atoms with Crippen molar-refractivity contribution >= 4 is 23.0 Å². The van der Waals surface area contributed by atoms with E-state index < -0.39 is 11.8 Å². The van der Waals surface area contributed by atoms with Gasteiger partial charge in [0.05, 0.1) is 11.3 Å². The number of halogens is 1. The van der Waals surface area contributed by atoms with Gasteiger partial charge in [-0.05, 0) is 30.3 Å². The van der Waals surface area contributed by atoms with Crippen molar-refractivity contribution in [3.05, 3.63) is 53.8 Å². The average molecular weight is 246 g/mol. The monoisotopic (exact) mass is 246 g/mol. The van der Waals surface area contributed by atoms with Gasteiger partial charge in [0.2, 0.25) is 0 Å². The molecule has 0 saturated carbocycles. The summed E-state index contributed by atoms with van der Waals surface area (Å²) >= 11 is 0. The maximum atomic E-state index is 13.4. The summed E-state index contributed by atoms with van der Waals surface area (Å²) in [4.78, 5) is 10.9. The minimum atomic E-state index is -1.12. The molecule has 0 aliphatic rings. The highest BCUT2D eigenvalue weighted by Gasteiger charge is 2.09. The third-order valence-electron chi connectivity index (χ3n) is 2.44. The van der Waals surface area contributed by atoms with Gasteiger partial charge in [-0.1, -0.05) is 12.1 Å². The molecule has 0 bridgehead atoms. The lowest BCUT2D eigenvalue weighted by atomic mass is 10.1. The van der Waals surface area contributed by atoms with Crippen LogP contribution in [0.25, 0.3) is 0 Å². The Kier molecular flexibility index (Phi) is 3.14. The van der Waals surface area contributed by atoms with E-state index in [1.54, 1.807) is 24.3 Å². The van der Waals surface area contributed by atoms with E-state index in [4.69, 9.17) is 10.8 Å². The summed E-state index contributed by atoms with van der Waals surface area (Å²) in [5.41, 5.74) is 6.42. The highest BCUT2D eigenvalue weighted by Crippen LogP contribution is 2.23. The van der Waals surface area contributed by atoms with E-state index in [9.17, 15) is 9.18 Å². The van der Waals surface area contributed by atoms with Crippen LogP contribution in [0.3, 0.4) is 0 Å². The zero-order valence-corrected chi connectivity index (χ0v) is 9.35. The number of anilines is 3. The van der Waals surface area contributed by atoms with Gasteiger partial charge in [-0.25, -0.2) is 9.18 Å². The topological polar surface area (TPSA) is 75.3 Å². The van der Waals surface area contributed by atoms with E-state index in [1.807, 2.05) is 0 Å². The Hall–Kier alpha value is -2.56. The minimum absolute atomic E-state index is 0.0173. The van der Waals surface area contributed by atoms with Crippen LogP contribution in [0.2, 0.25) is 0 Å². The lowest BCUT2D eigenvalue weighted by Crippen LogP contribution is -2.03.